The van der Waals surface area contributed by atoms with Gasteiger partial charge in [0.1, 0.15) is 11.8 Å². The van der Waals surface area contributed by atoms with E-state index >= 15 is 0 Å². The van der Waals surface area contributed by atoms with Gasteiger partial charge in [0.15, 0.2) is 6.61 Å². The topological polar surface area (TPSA) is 65.8 Å². The van der Waals surface area contributed by atoms with E-state index in [1.165, 1.54) is 0 Å². The first-order valence-corrected chi connectivity index (χ1v) is 7.90. The summed E-state index contributed by atoms with van der Waals surface area (Å²) in [5, 5.41) is 8.67. The lowest BCUT2D eigenvalue weighted by atomic mass is 9.98. The predicted molar refractivity (Wildman–Crippen MR) is 84.2 cm³/mol. The summed E-state index contributed by atoms with van der Waals surface area (Å²) in [6.07, 6.45) is 1.06. The van der Waals surface area contributed by atoms with Crippen LogP contribution in [0.2, 0.25) is 0 Å². The van der Waals surface area contributed by atoms with Crippen LogP contribution < -0.4 is 4.74 Å². The van der Waals surface area contributed by atoms with Crippen LogP contribution >= 0.6 is 0 Å². The lowest BCUT2D eigenvalue weighted by Crippen LogP contribution is -2.59. The fourth-order valence-electron chi connectivity index (χ4n) is 3.28. The van der Waals surface area contributed by atoms with Gasteiger partial charge >= 0.3 is 0 Å². The van der Waals surface area contributed by atoms with Gasteiger partial charge in [0.2, 0.25) is 0 Å². The van der Waals surface area contributed by atoms with Gasteiger partial charge in [-0.3, -0.25) is 9.69 Å². The van der Waals surface area contributed by atoms with E-state index in [-0.39, 0.29) is 24.7 Å². The smallest absolute Gasteiger partial charge is 0.257 e. The number of hydrogen-bond acceptors (Lipinski definition) is 5. The van der Waals surface area contributed by atoms with Crippen LogP contribution in [0, 0.1) is 11.3 Å². The third kappa shape index (κ3) is 3.31. The Morgan fingerprint density at radius 3 is 3.09 bits per heavy atom. The van der Waals surface area contributed by atoms with Crippen molar-refractivity contribution in [2.24, 2.45) is 0 Å². The number of morpholine rings is 1. The Labute approximate surface area is 136 Å². The monoisotopic (exact) mass is 315 g/mol. The molecule has 2 atom stereocenters. The third-order valence-corrected chi connectivity index (χ3v) is 4.56. The number of rotatable bonds is 3. The van der Waals surface area contributed by atoms with E-state index in [4.69, 9.17) is 14.7 Å². The van der Waals surface area contributed by atoms with Crippen LogP contribution in [0.25, 0.3) is 0 Å². The number of fused-ring (bicyclic) bond motifs is 1. The minimum Gasteiger partial charge on any atom is -0.478 e. The molecule has 23 heavy (non-hydrogen) atoms. The van der Waals surface area contributed by atoms with E-state index in [0.717, 1.165) is 19.6 Å². The van der Waals surface area contributed by atoms with Crippen molar-refractivity contribution in [1.29, 1.82) is 5.26 Å². The SMILES string of the molecule is CN1CCO[C@@H]2CCN(C(=O)c3ccccc3OCC#N)C[C@@H]21. The van der Waals surface area contributed by atoms with Gasteiger partial charge in [-0.1, -0.05) is 12.1 Å². The predicted octanol–water partition coefficient (Wildman–Crippen LogP) is 1.13. The minimum absolute atomic E-state index is 0.0454. The summed E-state index contributed by atoms with van der Waals surface area (Å²) in [6, 6.07) is 9.28. The van der Waals surface area contributed by atoms with Gasteiger partial charge in [-0.05, 0) is 25.6 Å². The molecule has 0 bridgehead atoms. The average molecular weight is 315 g/mol. The average Bonchev–Trinajstić information content (AvgIpc) is 2.60. The second-order valence-corrected chi connectivity index (χ2v) is 5.94. The number of nitrogens with zero attached hydrogens (tertiary/aromatic N) is 3. The number of carbonyl (C=O) groups is 1. The van der Waals surface area contributed by atoms with Crippen molar-refractivity contribution in [2.75, 3.05) is 39.9 Å². The second-order valence-electron chi connectivity index (χ2n) is 5.94. The van der Waals surface area contributed by atoms with Gasteiger partial charge in [0.05, 0.1) is 24.3 Å². The van der Waals surface area contributed by atoms with Crippen molar-refractivity contribution in [2.45, 2.75) is 18.6 Å². The van der Waals surface area contributed by atoms with E-state index in [2.05, 4.69) is 11.9 Å². The van der Waals surface area contributed by atoms with E-state index < -0.39 is 0 Å². The summed E-state index contributed by atoms with van der Waals surface area (Å²) in [4.78, 5) is 17.0. The highest BCUT2D eigenvalue weighted by atomic mass is 16.5. The van der Waals surface area contributed by atoms with Crippen LogP contribution in [-0.2, 0) is 4.74 Å². The van der Waals surface area contributed by atoms with Crippen molar-refractivity contribution in [3.8, 4) is 11.8 Å². The van der Waals surface area contributed by atoms with Crippen molar-refractivity contribution in [3.63, 3.8) is 0 Å². The van der Waals surface area contributed by atoms with Crippen LogP contribution in [0.1, 0.15) is 16.8 Å². The van der Waals surface area contributed by atoms with Gasteiger partial charge in [-0.2, -0.15) is 5.26 Å². The molecule has 0 spiro atoms. The van der Waals surface area contributed by atoms with Crippen molar-refractivity contribution >= 4 is 5.91 Å². The zero-order valence-electron chi connectivity index (χ0n) is 13.3. The number of para-hydroxylation sites is 1. The number of carbonyl (C=O) groups excluding carboxylic acids is 1. The first kappa shape index (κ1) is 15.8. The Morgan fingerprint density at radius 2 is 2.26 bits per heavy atom. The summed E-state index contributed by atoms with van der Waals surface area (Å²) in [5.41, 5.74) is 0.514. The molecule has 1 amide bonds. The molecular formula is C17H21N3O3. The Bertz CT molecular complexity index is 613. The van der Waals surface area contributed by atoms with Crippen molar-refractivity contribution < 1.29 is 14.3 Å². The molecule has 2 aliphatic rings. The van der Waals surface area contributed by atoms with E-state index in [1.54, 1.807) is 18.2 Å². The molecular weight excluding hydrogens is 294 g/mol. The lowest BCUT2D eigenvalue weighted by molar-refractivity contribution is -0.0893. The summed E-state index contributed by atoms with van der Waals surface area (Å²) in [6.45, 7) is 2.93. The minimum atomic E-state index is -0.0639. The highest BCUT2D eigenvalue weighted by Crippen LogP contribution is 2.25. The molecule has 2 heterocycles. The normalized spacial score (nSPS) is 24.6. The maximum atomic E-state index is 12.9. The van der Waals surface area contributed by atoms with Crippen molar-refractivity contribution in [1.82, 2.24) is 9.80 Å². The molecule has 1 aromatic carbocycles. The van der Waals surface area contributed by atoms with Gasteiger partial charge in [0, 0.05) is 19.6 Å². The molecule has 0 unspecified atom stereocenters. The Morgan fingerprint density at radius 1 is 1.43 bits per heavy atom. The molecule has 3 rings (SSSR count). The maximum Gasteiger partial charge on any atom is 0.257 e. The third-order valence-electron chi connectivity index (χ3n) is 4.56. The highest BCUT2D eigenvalue weighted by molar-refractivity contribution is 5.97. The summed E-state index contributed by atoms with van der Waals surface area (Å²) < 4.78 is 11.2. The number of likely N-dealkylation sites (tertiary alicyclic amines) is 1. The maximum absolute atomic E-state index is 12.9. The van der Waals surface area contributed by atoms with Gasteiger partial charge in [-0.25, -0.2) is 0 Å². The molecule has 2 aliphatic heterocycles. The number of piperidine rings is 1. The molecule has 2 fully saturated rings. The quantitative estimate of drug-likeness (QED) is 0.837. The zero-order chi connectivity index (χ0) is 16.2. The number of benzene rings is 1. The number of ether oxygens (including phenoxy) is 2. The van der Waals surface area contributed by atoms with Crippen molar-refractivity contribution in [3.05, 3.63) is 29.8 Å². The molecule has 0 radical (unpaired) electrons. The van der Waals surface area contributed by atoms with Gasteiger partial charge in [0.25, 0.3) is 5.91 Å². The highest BCUT2D eigenvalue weighted by Gasteiger charge is 2.37. The summed E-state index contributed by atoms with van der Waals surface area (Å²) in [5.74, 6) is 0.422. The molecule has 0 aliphatic carbocycles. The zero-order valence-corrected chi connectivity index (χ0v) is 13.3. The fraction of sp³-hybridized carbons (Fsp3) is 0.529. The second kappa shape index (κ2) is 6.99. The fourth-order valence-corrected chi connectivity index (χ4v) is 3.28. The van der Waals surface area contributed by atoms with Crippen LogP contribution in [0.4, 0.5) is 0 Å². The number of hydrogen-bond donors (Lipinski definition) is 0. The molecule has 6 nitrogen and oxygen atoms in total. The summed E-state index contributed by atoms with van der Waals surface area (Å²) in [7, 11) is 2.08. The Balaban J connectivity index is 1.75. The van der Waals surface area contributed by atoms with Crippen LogP contribution in [0.15, 0.2) is 24.3 Å². The van der Waals surface area contributed by atoms with Gasteiger partial charge < -0.3 is 14.4 Å². The van der Waals surface area contributed by atoms with E-state index in [0.29, 0.717) is 24.4 Å². The molecule has 0 aromatic heterocycles. The van der Waals surface area contributed by atoms with Gasteiger partial charge in [-0.15, -0.1) is 0 Å². The largest absolute Gasteiger partial charge is 0.478 e. The van der Waals surface area contributed by atoms with E-state index in [1.807, 2.05) is 17.0 Å². The lowest BCUT2D eigenvalue weighted by Gasteiger charge is -2.45. The van der Waals surface area contributed by atoms with Crippen LogP contribution in [0.3, 0.4) is 0 Å². The van der Waals surface area contributed by atoms with Crippen LogP contribution in [-0.4, -0.2) is 67.7 Å². The molecule has 0 saturated carbocycles. The molecule has 6 heteroatoms. The van der Waals surface area contributed by atoms with E-state index in [9.17, 15) is 4.79 Å². The molecule has 2 saturated heterocycles. The first-order chi connectivity index (χ1) is 11.2. The van der Waals surface area contributed by atoms with Crippen LogP contribution in [0.5, 0.6) is 5.75 Å². The summed E-state index contributed by atoms with van der Waals surface area (Å²) >= 11 is 0. The first-order valence-electron chi connectivity index (χ1n) is 7.90. The number of amides is 1. The Kier molecular flexibility index (Phi) is 4.79. The Hall–Kier alpha value is -2.10. The standard InChI is InChI=1S/C17H21N3O3/c1-19-9-11-23-16-6-8-20(12-14(16)19)17(21)13-4-2-3-5-15(13)22-10-7-18/h2-5,14,16H,6,8-12H2,1H3/t14-,16+/m0/s1. The number of likely N-dealkylation sites (N-methyl/N-ethyl adjacent to an activating group) is 1. The molecule has 122 valence electrons. The molecule has 1 aromatic rings. The number of nitriles is 1. The molecule has 0 N–H and O–H groups in total.